The highest BCUT2D eigenvalue weighted by molar-refractivity contribution is 5.55. The van der Waals surface area contributed by atoms with E-state index in [4.69, 9.17) is 11.7 Å². The summed E-state index contributed by atoms with van der Waals surface area (Å²) in [6.07, 6.45) is 4.95. The largest absolute Gasteiger partial charge is 0.183 e. The lowest BCUT2D eigenvalue weighted by atomic mass is 10.4. The van der Waals surface area contributed by atoms with E-state index in [1.54, 1.807) is 6.07 Å². The molecule has 0 aromatic rings. The topological polar surface area (TPSA) is 23.8 Å². The fraction of sp³-hybridized carbons (Fsp3) is 0. The molecule has 0 amide bonds. The zero-order chi connectivity index (χ0) is 69.9. The van der Waals surface area contributed by atoms with Gasteiger partial charge in [0, 0.05) is 515 Å². The van der Waals surface area contributed by atoms with Gasteiger partial charge < -0.3 is 0 Å². The maximum atomic E-state index is 8.22. The SMILES string of the molecule is C#CC#CC#CC#CC#CC#CC#CC#CC#CC#CC#CC#CC#CC#CC#CC#CC#CC#CC#CC#CC#CC#CC#CC#CC#CC#CC#CC#CC#CC#CC#CC#CC#CC#CC#CC#CC#CC#CC#CC#CC#CC#CC#CC#CC#CC#CC#CC#CC#N. The zero-order valence-corrected chi connectivity index (χ0v) is 49.0. The molecule has 0 saturated carbocycles. The molecule has 394 valence electrons. The van der Waals surface area contributed by atoms with Crippen LogP contribution in [0.3, 0.4) is 0 Å². The van der Waals surface area contributed by atoms with Crippen LogP contribution in [0.15, 0.2) is 0 Å². The van der Waals surface area contributed by atoms with Gasteiger partial charge in [0.2, 0.25) is 0 Å². The van der Waals surface area contributed by atoms with Gasteiger partial charge in [0.05, 0.1) is 0 Å². The second-order valence-electron chi connectivity index (χ2n) is 12.0. The Morgan fingerprint density at radius 1 is 0.0816 bits per heavy atom. The van der Waals surface area contributed by atoms with Crippen molar-refractivity contribution in [1.82, 2.24) is 0 Å². The van der Waals surface area contributed by atoms with Crippen LogP contribution >= 0.6 is 0 Å². The molecular formula is C97HN. The van der Waals surface area contributed by atoms with Crippen molar-refractivity contribution in [3.05, 3.63) is 0 Å². The highest BCUT2D eigenvalue weighted by Gasteiger charge is 1.67. The maximum Gasteiger partial charge on any atom is 0.153 e. The molecule has 0 aliphatic heterocycles. The van der Waals surface area contributed by atoms with Crippen LogP contribution in [0.4, 0.5) is 0 Å². The smallest absolute Gasteiger partial charge is 0.153 e. The van der Waals surface area contributed by atoms with E-state index < -0.39 is 0 Å². The number of hydrogen-bond donors (Lipinski definition) is 0. The second-order valence-corrected chi connectivity index (χ2v) is 12.0. The van der Waals surface area contributed by atoms with Crippen LogP contribution in [0.1, 0.15) is 0 Å². The lowest BCUT2D eigenvalue weighted by Gasteiger charge is -1.58. The summed E-state index contributed by atoms with van der Waals surface area (Å²) in [5, 5.41) is 8.22. The Morgan fingerprint density at radius 2 is 0.133 bits per heavy atom. The van der Waals surface area contributed by atoms with Crippen LogP contribution in [0, 0.1) is 580 Å². The molecular weight excluding hydrogens is 1180 g/mol. The average Bonchev–Trinajstić information content (AvgIpc) is 3.63. The Bertz CT molecular complexity index is 6510. The van der Waals surface area contributed by atoms with Gasteiger partial charge in [0.25, 0.3) is 0 Å². The standard InChI is InChI=1S/C97HN/c1-2-3-4-5-6-7-8-9-10-11-12-13-14-15-16-17-18-19-20-21-22-23-24-25-26-27-28-29-30-31-32-33-34-35-36-37-38-39-40-41-42-43-44-45-46-47-48-49-50-51-52-53-54-55-56-57-58-59-60-61-62-63-64-65-66-67-68-69-70-71-72-73-74-75-76-77-78-79-80-81-82-83-84-85-86-87-88-89-90-91-92-93-94-95-96-97-98/h1H. The van der Waals surface area contributed by atoms with Gasteiger partial charge in [-0.15, -0.1) is 6.42 Å². The van der Waals surface area contributed by atoms with Crippen LogP contribution in [-0.2, 0) is 0 Å². The summed E-state index contributed by atoms with van der Waals surface area (Å²) in [6, 6.07) is 1.62. The lowest BCUT2D eigenvalue weighted by molar-refractivity contribution is 1.55. The van der Waals surface area contributed by atoms with Gasteiger partial charge in [-0.2, -0.15) is 5.26 Å². The number of nitrogens with zero attached hydrogens (tertiary/aromatic N) is 1. The molecule has 1 nitrogen and oxygen atoms in total. The average molecular weight is 1180 g/mol. The van der Waals surface area contributed by atoms with Crippen LogP contribution in [-0.4, -0.2) is 0 Å². The predicted molar refractivity (Wildman–Crippen MR) is 380 cm³/mol. The van der Waals surface area contributed by atoms with Crippen LogP contribution in [0.5, 0.6) is 0 Å². The van der Waals surface area contributed by atoms with E-state index in [-0.39, 0.29) is 0 Å². The van der Waals surface area contributed by atoms with Crippen LogP contribution in [0.2, 0.25) is 0 Å². The van der Waals surface area contributed by atoms with Gasteiger partial charge in [0.1, 0.15) is 0 Å². The van der Waals surface area contributed by atoms with Gasteiger partial charge in [0.15, 0.2) is 6.07 Å². The first-order valence-corrected chi connectivity index (χ1v) is 24.3. The molecule has 0 aliphatic carbocycles. The van der Waals surface area contributed by atoms with Crippen LogP contribution < -0.4 is 0 Å². The number of rotatable bonds is 0. The summed E-state index contributed by atoms with van der Waals surface area (Å²) < 4.78 is 0. The normalized spacial score (nSPS) is 3.94. The van der Waals surface area contributed by atoms with Crippen molar-refractivity contribution in [1.29, 1.82) is 5.26 Å². The third-order valence-electron chi connectivity index (χ3n) is 5.94. The maximum absolute atomic E-state index is 8.22. The fourth-order valence-corrected chi connectivity index (χ4v) is 2.94. The number of nitriles is 1. The minimum Gasteiger partial charge on any atom is -0.183 e. The second kappa shape index (κ2) is 75.4. The summed E-state index contributed by atoms with van der Waals surface area (Å²) in [7, 11) is 0. The van der Waals surface area contributed by atoms with Crippen LogP contribution in [0.25, 0.3) is 0 Å². The van der Waals surface area contributed by atoms with E-state index in [1.807, 2.05) is 0 Å². The van der Waals surface area contributed by atoms with Gasteiger partial charge in [-0.1, -0.05) is 0 Å². The van der Waals surface area contributed by atoms with Gasteiger partial charge in [-0.05, 0) is 47.4 Å². The lowest BCUT2D eigenvalue weighted by Crippen LogP contribution is -1.57. The highest BCUT2D eigenvalue weighted by atomic mass is 14.2. The summed E-state index contributed by atoms with van der Waals surface area (Å²) in [6.45, 7) is 0. The molecule has 0 bridgehead atoms. The summed E-state index contributed by atoms with van der Waals surface area (Å²) in [5.41, 5.74) is 0. The molecule has 1 heteroatoms. The van der Waals surface area contributed by atoms with Gasteiger partial charge >= 0.3 is 0 Å². The van der Waals surface area contributed by atoms with E-state index in [0.29, 0.717) is 0 Å². The molecule has 98 heavy (non-hydrogen) atoms. The molecule has 0 aliphatic rings. The summed E-state index contributed by atoms with van der Waals surface area (Å²) >= 11 is 0. The Balaban J connectivity index is 4.63. The molecule has 0 saturated heterocycles. The Kier molecular flexibility index (Phi) is 58.7. The molecule has 0 aromatic carbocycles. The first kappa shape index (κ1) is 76.4. The molecule has 0 spiro atoms. The first-order valence-electron chi connectivity index (χ1n) is 24.3. The molecule has 0 N–H and O–H groups in total. The quantitative estimate of drug-likeness (QED) is 0.321. The minimum atomic E-state index is 1.62. The number of terminal acetylenes is 1. The molecule has 0 aromatic heterocycles. The third kappa shape index (κ3) is 74.4. The van der Waals surface area contributed by atoms with Crippen molar-refractivity contribution in [3.8, 4) is 575 Å². The van der Waals surface area contributed by atoms with Gasteiger partial charge in [-0.25, -0.2) is 0 Å². The summed E-state index contributed by atoms with van der Waals surface area (Å²) in [5.74, 6) is 235. The Labute approximate surface area is 576 Å². The molecule has 0 fully saturated rings. The third-order valence-corrected chi connectivity index (χ3v) is 5.94. The van der Waals surface area contributed by atoms with Crippen molar-refractivity contribution in [2.45, 2.75) is 0 Å². The van der Waals surface area contributed by atoms with E-state index in [9.17, 15) is 0 Å². The van der Waals surface area contributed by atoms with Crippen molar-refractivity contribution in [2.75, 3.05) is 0 Å². The molecule has 0 radical (unpaired) electrons. The molecule has 0 heterocycles. The predicted octanol–water partition coefficient (Wildman–Crippen LogP) is 0.303. The van der Waals surface area contributed by atoms with Crippen molar-refractivity contribution in [3.63, 3.8) is 0 Å². The first-order chi connectivity index (χ1) is 48.9. The van der Waals surface area contributed by atoms with E-state index >= 15 is 0 Å². The van der Waals surface area contributed by atoms with Crippen molar-refractivity contribution >= 4 is 0 Å². The highest BCUT2D eigenvalue weighted by Crippen LogP contribution is 1.67. The van der Waals surface area contributed by atoms with E-state index in [1.165, 1.54) is 0 Å². The van der Waals surface area contributed by atoms with Crippen molar-refractivity contribution < 1.29 is 0 Å². The monoisotopic (exact) mass is 1180 g/mol. The zero-order valence-electron chi connectivity index (χ0n) is 49.0. The molecule has 0 rings (SSSR count). The van der Waals surface area contributed by atoms with E-state index in [0.717, 1.165) is 0 Å². The minimum absolute atomic E-state index is 1.62. The summed E-state index contributed by atoms with van der Waals surface area (Å²) in [4.78, 5) is 0. The van der Waals surface area contributed by atoms with E-state index in [2.05, 4.69) is 562 Å². The number of hydrogen-bond acceptors (Lipinski definition) is 1. The van der Waals surface area contributed by atoms with Gasteiger partial charge in [-0.3, -0.25) is 0 Å². The Hall–Kier alpha value is -21.6. The van der Waals surface area contributed by atoms with Crippen molar-refractivity contribution in [2.24, 2.45) is 0 Å². The Morgan fingerprint density at radius 3 is 0.184 bits per heavy atom. The fourth-order valence-electron chi connectivity index (χ4n) is 2.94. The molecule has 0 unspecified atom stereocenters. The molecule has 0 atom stereocenters.